The molecule has 0 aliphatic carbocycles. The molecule has 0 bridgehead atoms. The van der Waals surface area contributed by atoms with Crippen LogP contribution in [0.1, 0.15) is 126 Å². The number of aromatic nitrogens is 2. The monoisotopic (exact) mass is 797 g/mol. The zero-order chi connectivity index (χ0) is 42.6. The molecular formula is C56H55N5. The van der Waals surface area contributed by atoms with E-state index in [1.807, 2.05) is 18.5 Å². The summed E-state index contributed by atoms with van der Waals surface area (Å²) >= 11 is 0. The lowest BCUT2D eigenvalue weighted by molar-refractivity contribution is 0.560. The third kappa shape index (κ3) is 5.01. The molecule has 0 saturated carbocycles. The summed E-state index contributed by atoms with van der Waals surface area (Å²) in [5.74, 6) is 1.92. The fourth-order valence-corrected chi connectivity index (χ4v) is 11.2. The molecule has 0 amide bonds. The SMILES string of the molecule is CC(C)(C)c1cc2c3c(c1)C(C)(C)c1cccnc1N3c1cc3c(cc1C2(C)C)C(C)(C)c1ccccc1N3c1ccc2c(c1)N(c1ccccn1)c1ccccc1C2(C)C. The molecule has 5 heteroatoms. The highest BCUT2D eigenvalue weighted by molar-refractivity contribution is 5.97. The summed E-state index contributed by atoms with van der Waals surface area (Å²) in [6, 6.07) is 45.6. The molecule has 5 nitrogen and oxygen atoms in total. The van der Waals surface area contributed by atoms with E-state index in [1.165, 1.54) is 72.8 Å². The van der Waals surface area contributed by atoms with E-state index in [9.17, 15) is 0 Å². The Morgan fingerprint density at radius 2 is 0.902 bits per heavy atom. The standard InChI is InChI=1S/C56H55N5/c1-52(2,3)34-29-42-50-43(30-34)56(10,11)41-32-40-47(33-48(41)61(50)51-39(55(42,8)9)21-18-28-58-51)59(44-22-14-12-19-36(44)54(40,6)7)35-25-26-38-46(31-35)60(49-24-16-17-27-57-49)45-23-15-13-20-37(45)53(38,4)5/h12-33H,1-11H3. The lowest BCUT2D eigenvalue weighted by atomic mass is 9.64. The van der Waals surface area contributed by atoms with Crippen LogP contribution in [0.5, 0.6) is 0 Å². The van der Waals surface area contributed by atoms with Crippen molar-refractivity contribution in [2.24, 2.45) is 0 Å². The zero-order valence-corrected chi connectivity index (χ0v) is 37.4. The van der Waals surface area contributed by atoms with Gasteiger partial charge in [-0.2, -0.15) is 0 Å². The summed E-state index contributed by atoms with van der Waals surface area (Å²) in [7, 11) is 0. The molecular weight excluding hydrogens is 743 g/mol. The quantitative estimate of drug-likeness (QED) is 0.174. The maximum Gasteiger partial charge on any atom is 0.141 e. The van der Waals surface area contributed by atoms with Crippen LogP contribution in [0.25, 0.3) is 0 Å². The van der Waals surface area contributed by atoms with E-state index in [-0.39, 0.29) is 27.1 Å². The van der Waals surface area contributed by atoms with Crippen molar-refractivity contribution in [1.82, 2.24) is 9.97 Å². The van der Waals surface area contributed by atoms with Gasteiger partial charge in [-0.3, -0.25) is 9.80 Å². The molecule has 11 rings (SSSR count). The summed E-state index contributed by atoms with van der Waals surface area (Å²) < 4.78 is 0. The summed E-state index contributed by atoms with van der Waals surface area (Å²) in [5.41, 5.74) is 19.1. The normalized spacial score (nSPS) is 17.9. The zero-order valence-electron chi connectivity index (χ0n) is 37.4. The van der Waals surface area contributed by atoms with Gasteiger partial charge in [-0.15, -0.1) is 0 Å². The Balaban J connectivity index is 1.20. The van der Waals surface area contributed by atoms with Gasteiger partial charge in [-0.05, 0) is 105 Å². The minimum Gasteiger partial charge on any atom is -0.310 e. The molecule has 5 aromatic carbocycles. The van der Waals surface area contributed by atoms with E-state index >= 15 is 0 Å². The average Bonchev–Trinajstić information content (AvgIpc) is 3.23. The van der Waals surface area contributed by atoms with Crippen LogP contribution in [0.15, 0.2) is 134 Å². The number of fused-ring (bicyclic) bond motifs is 8. The molecule has 61 heavy (non-hydrogen) atoms. The fraction of sp³-hybridized carbons (Fsp3) is 0.286. The third-order valence-corrected chi connectivity index (χ3v) is 14.8. The van der Waals surface area contributed by atoms with Crippen molar-refractivity contribution < 1.29 is 0 Å². The maximum absolute atomic E-state index is 5.23. The molecule has 7 aromatic rings. The van der Waals surface area contributed by atoms with Gasteiger partial charge in [0.2, 0.25) is 0 Å². The Bertz CT molecular complexity index is 2980. The molecule has 0 fully saturated rings. The Morgan fingerprint density at radius 1 is 0.393 bits per heavy atom. The molecule has 4 aliphatic rings. The van der Waals surface area contributed by atoms with Gasteiger partial charge in [0.1, 0.15) is 11.6 Å². The van der Waals surface area contributed by atoms with Crippen molar-refractivity contribution in [3.8, 4) is 0 Å². The van der Waals surface area contributed by atoms with Gasteiger partial charge in [0.05, 0.1) is 34.1 Å². The first-order chi connectivity index (χ1) is 28.9. The largest absolute Gasteiger partial charge is 0.310 e. The molecule has 0 atom stereocenters. The minimum absolute atomic E-state index is 0.0155. The summed E-state index contributed by atoms with van der Waals surface area (Å²) in [6.45, 7) is 26.2. The van der Waals surface area contributed by atoms with Gasteiger partial charge in [0.25, 0.3) is 0 Å². The molecule has 6 heterocycles. The molecule has 0 spiro atoms. The Morgan fingerprint density at radius 3 is 1.54 bits per heavy atom. The number of nitrogens with zero attached hydrogens (tertiary/aromatic N) is 5. The number of rotatable bonds is 2. The first kappa shape index (κ1) is 37.8. The van der Waals surface area contributed by atoms with Crippen LogP contribution in [-0.2, 0) is 27.1 Å². The highest BCUT2D eigenvalue weighted by Crippen LogP contribution is 2.63. The first-order valence-corrected chi connectivity index (χ1v) is 21.9. The smallest absolute Gasteiger partial charge is 0.141 e. The highest BCUT2D eigenvalue weighted by atomic mass is 15.2. The topological polar surface area (TPSA) is 35.5 Å². The predicted molar refractivity (Wildman–Crippen MR) is 253 cm³/mol. The molecule has 0 saturated heterocycles. The fourth-order valence-electron chi connectivity index (χ4n) is 11.2. The van der Waals surface area contributed by atoms with Gasteiger partial charge in [0.15, 0.2) is 0 Å². The molecule has 4 aliphatic heterocycles. The molecule has 304 valence electrons. The number of pyridine rings is 2. The number of para-hydroxylation sites is 2. The van der Waals surface area contributed by atoms with Gasteiger partial charge < -0.3 is 4.90 Å². The second-order valence-electron chi connectivity index (χ2n) is 20.9. The lowest BCUT2D eigenvalue weighted by Crippen LogP contribution is -2.40. The van der Waals surface area contributed by atoms with Crippen LogP contribution in [0.2, 0.25) is 0 Å². The highest BCUT2D eigenvalue weighted by Gasteiger charge is 2.49. The van der Waals surface area contributed by atoms with Crippen LogP contribution >= 0.6 is 0 Å². The molecule has 0 N–H and O–H groups in total. The summed E-state index contributed by atoms with van der Waals surface area (Å²) in [6.07, 6.45) is 3.86. The van der Waals surface area contributed by atoms with Gasteiger partial charge in [0, 0.05) is 45.3 Å². The second kappa shape index (κ2) is 12.2. The van der Waals surface area contributed by atoms with Gasteiger partial charge >= 0.3 is 0 Å². The first-order valence-electron chi connectivity index (χ1n) is 21.9. The van der Waals surface area contributed by atoms with Crippen molar-refractivity contribution in [3.63, 3.8) is 0 Å². The Labute approximate surface area is 361 Å². The van der Waals surface area contributed by atoms with E-state index in [0.29, 0.717) is 0 Å². The second-order valence-corrected chi connectivity index (χ2v) is 20.9. The van der Waals surface area contributed by atoms with Crippen LogP contribution in [0.3, 0.4) is 0 Å². The number of hydrogen-bond donors (Lipinski definition) is 0. The summed E-state index contributed by atoms with van der Waals surface area (Å²) in [5, 5.41) is 0. The van der Waals surface area contributed by atoms with Crippen molar-refractivity contribution in [2.75, 3.05) is 14.7 Å². The molecule has 2 aromatic heterocycles. The summed E-state index contributed by atoms with van der Waals surface area (Å²) in [4.78, 5) is 17.6. The average molecular weight is 798 g/mol. The van der Waals surface area contributed by atoms with Crippen molar-refractivity contribution in [3.05, 3.63) is 184 Å². The van der Waals surface area contributed by atoms with Crippen molar-refractivity contribution in [2.45, 2.75) is 103 Å². The molecule has 0 unspecified atom stereocenters. The van der Waals surface area contributed by atoms with E-state index in [0.717, 1.165) is 28.7 Å². The number of hydrogen-bond acceptors (Lipinski definition) is 5. The molecule has 0 radical (unpaired) electrons. The predicted octanol–water partition coefficient (Wildman–Crippen LogP) is 14.7. The van der Waals surface area contributed by atoms with E-state index in [1.54, 1.807) is 0 Å². The van der Waals surface area contributed by atoms with Gasteiger partial charge in [-0.25, -0.2) is 9.97 Å². The van der Waals surface area contributed by atoms with E-state index < -0.39 is 0 Å². The van der Waals surface area contributed by atoms with Crippen LogP contribution in [0, 0.1) is 0 Å². The maximum atomic E-state index is 5.23. The third-order valence-electron chi connectivity index (χ3n) is 14.8. The van der Waals surface area contributed by atoms with E-state index in [2.05, 4.69) is 206 Å². The Kier molecular flexibility index (Phi) is 7.57. The van der Waals surface area contributed by atoms with E-state index in [4.69, 9.17) is 9.97 Å². The van der Waals surface area contributed by atoms with Gasteiger partial charge in [-0.1, -0.05) is 143 Å². The minimum atomic E-state index is -0.291. The van der Waals surface area contributed by atoms with Crippen LogP contribution in [-0.4, -0.2) is 9.97 Å². The lowest BCUT2D eigenvalue weighted by Gasteiger charge is -2.51. The number of anilines is 9. The Hall–Kier alpha value is -6.20. The van der Waals surface area contributed by atoms with Crippen molar-refractivity contribution >= 4 is 51.4 Å². The van der Waals surface area contributed by atoms with Crippen molar-refractivity contribution in [1.29, 1.82) is 0 Å². The van der Waals surface area contributed by atoms with Crippen LogP contribution < -0.4 is 14.7 Å². The van der Waals surface area contributed by atoms with Crippen LogP contribution in [0.4, 0.5) is 51.4 Å². The number of benzene rings is 5.